The van der Waals surface area contributed by atoms with Gasteiger partial charge in [-0.3, -0.25) is 28.9 Å². The maximum absolute atomic E-state index is 12.6. The number of rotatable bonds is 6. The molecule has 0 aromatic heterocycles. The van der Waals surface area contributed by atoms with Crippen molar-refractivity contribution in [3.8, 4) is 0 Å². The average molecular weight is 398 g/mol. The number of amides is 3. The van der Waals surface area contributed by atoms with E-state index in [1.807, 2.05) is 0 Å². The molecule has 152 valence electrons. The molecule has 1 N–H and O–H groups in total. The van der Waals surface area contributed by atoms with Gasteiger partial charge in [-0.25, -0.2) is 0 Å². The van der Waals surface area contributed by atoms with Gasteiger partial charge in [-0.1, -0.05) is 0 Å². The highest BCUT2D eigenvalue weighted by atomic mass is 16.5. The van der Waals surface area contributed by atoms with Crippen molar-refractivity contribution < 1.29 is 28.7 Å². The van der Waals surface area contributed by atoms with Crippen molar-refractivity contribution in [1.29, 1.82) is 0 Å². The third-order valence-corrected chi connectivity index (χ3v) is 6.25. The van der Waals surface area contributed by atoms with Gasteiger partial charge in [0, 0.05) is 11.3 Å². The van der Waals surface area contributed by atoms with Crippen molar-refractivity contribution in [3.05, 3.63) is 29.8 Å². The zero-order valence-corrected chi connectivity index (χ0v) is 16.1. The fraction of sp³-hybridized carbons (Fsp3) is 0.476. The summed E-state index contributed by atoms with van der Waals surface area (Å²) in [7, 11) is 0. The predicted molar refractivity (Wildman–Crippen MR) is 101 cm³/mol. The molecule has 1 aromatic carbocycles. The van der Waals surface area contributed by atoms with E-state index in [-0.39, 0.29) is 41.3 Å². The van der Waals surface area contributed by atoms with Crippen LogP contribution in [0.25, 0.3) is 0 Å². The monoisotopic (exact) mass is 398 g/mol. The average Bonchev–Trinajstić information content (AvgIpc) is 3.37. The summed E-state index contributed by atoms with van der Waals surface area (Å²) in [5.74, 6) is -2.04. The first kappa shape index (κ1) is 19.3. The second-order valence-corrected chi connectivity index (χ2v) is 7.99. The summed E-state index contributed by atoms with van der Waals surface area (Å²) in [6.07, 6.45) is 2.87. The number of carbonyl (C=O) groups is 5. The molecule has 0 spiro atoms. The number of imide groups is 1. The zero-order chi connectivity index (χ0) is 20.7. The molecule has 2 saturated carbocycles. The molecule has 0 unspecified atom stereocenters. The second-order valence-electron chi connectivity index (χ2n) is 7.99. The van der Waals surface area contributed by atoms with Crippen LogP contribution >= 0.6 is 0 Å². The van der Waals surface area contributed by atoms with Crippen LogP contribution in [0.2, 0.25) is 0 Å². The van der Waals surface area contributed by atoms with Gasteiger partial charge in [-0.05, 0) is 62.3 Å². The first-order chi connectivity index (χ1) is 13.8. The molecule has 1 aromatic rings. The third kappa shape index (κ3) is 3.54. The Labute approximate surface area is 167 Å². The molecule has 2 bridgehead atoms. The zero-order valence-electron chi connectivity index (χ0n) is 16.1. The van der Waals surface area contributed by atoms with E-state index in [0.717, 1.165) is 24.2 Å². The second kappa shape index (κ2) is 7.42. The lowest BCUT2D eigenvalue weighted by Crippen LogP contribution is -2.38. The summed E-state index contributed by atoms with van der Waals surface area (Å²) < 4.78 is 4.94. The molecule has 29 heavy (non-hydrogen) atoms. The van der Waals surface area contributed by atoms with Gasteiger partial charge in [0.05, 0.1) is 11.8 Å². The number of nitrogens with one attached hydrogen (secondary N) is 1. The number of nitrogens with zero attached hydrogens (tertiary/aromatic N) is 1. The minimum Gasteiger partial charge on any atom is -0.454 e. The molecular formula is C21H22N2O6. The van der Waals surface area contributed by atoms with E-state index in [1.165, 1.54) is 6.92 Å². The first-order valence-corrected chi connectivity index (χ1v) is 9.77. The van der Waals surface area contributed by atoms with Crippen molar-refractivity contribution in [2.75, 3.05) is 18.5 Å². The molecule has 4 rings (SSSR count). The highest BCUT2D eigenvalue weighted by Gasteiger charge is 2.61. The Hall–Kier alpha value is -3.03. The third-order valence-electron chi connectivity index (χ3n) is 6.25. The molecule has 1 saturated heterocycles. The van der Waals surface area contributed by atoms with Crippen LogP contribution in [0.5, 0.6) is 0 Å². The lowest BCUT2D eigenvalue weighted by atomic mass is 9.81. The number of Topliss-reactive ketones (excluding diaryl/α,β-unsaturated/α-hetero) is 1. The van der Waals surface area contributed by atoms with Crippen LogP contribution in [0.3, 0.4) is 0 Å². The quantitative estimate of drug-likeness (QED) is 0.441. The van der Waals surface area contributed by atoms with E-state index in [1.54, 1.807) is 24.3 Å². The summed E-state index contributed by atoms with van der Waals surface area (Å²) in [5.41, 5.74) is 0.983. The molecule has 2 aliphatic carbocycles. The smallest absolute Gasteiger partial charge is 0.326 e. The number of fused-ring (bicyclic) bond motifs is 5. The maximum atomic E-state index is 12.6. The topological polar surface area (TPSA) is 110 Å². The standard InChI is InChI=1S/C21H22N2O6/c1-11(24)12-4-6-15(7-5-12)22-16(25)10-29-17(26)9-23-20(27)18-13-2-3-14(8-13)19(18)21(23)28/h4-7,13-14,18-19H,2-3,8-10H2,1H3,(H,22,25)/t13-,14+,18-,19-/m0/s1. The molecule has 4 atom stereocenters. The summed E-state index contributed by atoms with van der Waals surface area (Å²) in [6.45, 7) is 0.465. The van der Waals surface area contributed by atoms with E-state index in [0.29, 0.717) is 11.3 Å². The number of anilines is 1. The number of hydrogen-bond acceptors (Lipinski definition) is 6. The van der Waals surface area contributed by atoms with Crippen LogP contribution in [0.1, 0.15) is 36.5 Å². The van der Waals surface area contributed by atoms with Gasteiger partial charge in [0.15, 0.2) is 12.4 Å². The minimum absolute atomic E-state index is 0.0834. The number of ketones is 1. The Kier molecular flexibility index (Phi) is 4.94. The van der Waals surface area contributed by atoms with Crippen molar-refractivity contribution in [2.45, 2.75) is 26.2 Å². The van der Waals surface area contributed by atoms with Crippen LogP contribution in [0.15, 0.2) is 24.3 Å². The van der Waals surface area contributed by atoms with E-state index >= 15 is 0 Å². The fourth-order valence-corrected chi connectivity index (χ4v) is 4.93. The van der Waals surface area contributed by atoms with Gasteiger partial charge in [0.2, 0.25) is 11.8 Å². The van der Waals surface area contributed by atoms with Gasteiger partial charge < -0.3 is 10.1 Å². The van der Waals surface area contributed by atoms with E-state index in [9.17, 15) is 24.0 Å². The van der Waals surface area contributed by atoms with E-state index in [4.69, 9.17) is 4.74 Å². The van der Waals surface area contributed by atoms with Crippen molar-refractivity contribution in [2.24, 2.45) is 23.7 Å². The molecule has 0 radical (unpaired) electrons. The van der Waals surface area contributed by atoms with Crippen LogP contribution < -0.4 is 5.32 Å². The van der Waals surface area contributed by atoms with E-state index < -0.39 is 25.0 Å². The molecule has 1 aliphatic heterocycles. The summed E-state index contributed by atoms with van der Waals surface area (Å²) in [6, 6.07) is 6.31. The maximum Gasteiger partial charge on any atom is 0.326 e. The van der Waals surface area contributed by atoms with Gasteiger partial charge in [0.1, 0.15) is 6.54 Å². The summed E-state index contributed by atoms with van der Waals surface area (Å²) >= 11 is 0. The molecule has 3 fully saturated rings. The van der Waals surface area contributed by atoms with Gasteiger partial charge in [0.25, 0.3) is 5.91 Å². The first-order valence-electron chi connectivity index (χ1n) is 9.77. The molecule has 8 nitrogen and oxygen atoms in total. The van der Waals surface area contributed by atoms with Crippen LogP contribution in [0.4, 0.5) is 5.69 Å². The Morgan fingerprint density at radius 1 is 1.03 bits per heavy atom. The predicted octanol–water partition coefficient (Wildman–Crippen LogP) is 1.40. The molecule has 1 heterocycles. The Bertz CT molecular complexity index is 865. The SMILES string of the molecule is CC(=O)c1ccc(NC(=O)COC(=O)CN2C(=O)[C@H]3[C@@H]4CC[C@@H](C4)[C@@H]3C2=O)cc1. The minimum atomic E-state index is -0.791. The van der Waals surface area contributed by atoms with Crippen molar-refractivity contribution in [1.82, 2.24) is 4.90 Å². The number of benzene rings is 1. The number of carbonyl (C=O) groups excluding carboxylic acids is 5. The normalized spacial score (nSPS) is 27.1. The Balaban J connectivity index is 1.27. The highest BCUT2D eigenvalue weighted by Crippen LogP contribution is 2.56. The highest BCUT2D eigenvalue weighted by molar-refractivity contribution is 6.08. The number of ether oxygens (including phenoxy) is 1. The largest absolute Gasteiger partial charge is 0.454 e. The number of esters is 1. The molecule has 8 heteroatoms. The Morgan fingerprint density at radius 3 is 2.17 bits per heavy atom. The summed E-state index contributed by atoms with van der Waals surface area (Å²) in [5, 5.41) is 2.55. The fourth-order valence-electron chi connectivity index (χ4n) is 4.93. The lowest BCUT2D eigenvalue weighted by Gasteiger charge is -2.19. The van der Waals surface area contributed by atoms with Crippen LogP contribution in [-0.2, 0) is 23.9 Å². The van der Waals surface area contributed by atoms with Gasteiger partial charge in [-0.15, -0.1) is 0 Å². The Morgan fingerprint density at radius 2 is 1.62 bits per heavy atom. The van der Waals surface area contributed by atoms with E-state index in [2.05, 4.69) is 5.32 Å². The lowest BCUT2D eigenvalue weighted by molar-refractivity contribution is -0.154. The summed E-state index contributed by atoms with van der Waals surface area (Å²) in [4.78, 5) is 61.4. The van der Waals surface area contributed by atoms with Crippen LogP contribution in [-0.4, -0.2) is 47.5 Å². The van der Waals surface area contributed by atoms with Gasteiger partial charge >= 0.3 is 5.97 Å². The van der Waals surface area contributed by atoms with Crippen molar-refractivity contribution >= 4 is 35.2 Å². The molecule has 3 amide bonds. The van der Waals surface area contributed by atoms with Gasteiger partial charge in [-0.2, -0.15) is 0 Å². The van der Waals surface area contributed by atoms with Crippen molar-refractivity contribution in [3.63, 3.8) is 0 Å². The molecular weight excluding hydrogens is 376 g/mol. The molecule has 3 aliphatic rings. The number of hydrogen-bond donors (Lipinski definition) is 1. The number of likely N-dealkylation sites (tertiary alicyclic amines) is 1. The van der Waals surface area contributed by atoms with Crippen LogP contribution in [0, 0.1) is 23.7 Å².